The van der Waals surface area contributed by atoms with Crippen LogP contribution in [0.1, 0.15) is 36.6 Å². The van der Waals surface area contributed by atoms with E-state index < -0.39 is 0 Å². The molecule has 0 bridgehead atoms. The molecule has 1 aromatic carbocycles. The van der Waals surface area contributed by atoms with Crippen molar-refractivity contribution in [3.8, 4) is 5.75 Å². The van der Waals surface area contributed by atoms with Gasteiger partial charge in [0, 0.05) is 19.6 Å². The number of nitrogens with two attached hydrogens (primary N) is 1. The molecule has 0 spiro atoms. The Morgan fingerprint density at radius 1 is 1.23 bits per heavy atom. The van der Waals surface area contributed by atoms with Crippen molar-refractivity contribution in [1.29, 1.82) is 0 Å². The molecule has 0 aliphatic carbocycles. The molecule has 0 aliphatic heterocycles. The second-order valence-corrected chi connectivity index (χ2v) is 6.43. The number of ether oxygens (including phenoxy) is 1. The molecule has 26 heavy (non-hydrogen) atoms. The van der Waals surface area contributed by atoms with Crippen molar-refractivity contribution < 1.29 is 18.3 Å². The number of halogens is 2. The average Bonchev–Trinajstić information content (AvgIpc) is 3.07. The van der Waals surface area contributed by atoms with Gasteiger partial charge in [-0.2, -0.15) is 0 Å². The first-order chi connectivity index (χ1) is 11.9. The van der Waals surface area contributed by atoms with E-state index in [0.29, 0.717) is 24.0 Å². The lowest BCUT2D eigenvalue weighted by molar-refractivity contribution is 0.0753. The minimum atomic E-state index is -0.321. The molecule has 1 aromatic heterocycles. The maximum Gasteiger partial charge on any atom is 0.289 e. The molecule has 1 amide bonds. The van der Waals surface area contributed by atoms with Crippen LogP contribution in [-0.2, 0) is 6.61 Å². The Balaban J connectivity index is 0.00000338. The minimum absolute atomic E-state index is 0. The molecule has 2 N–H and O–H groups in total. The fraction of sp³-hybridized carbons (Fsp3) is 0.421. The van der Waals surface area contributed by atoms with E-state index in [1.165, 1.54) is 24.3 Å². The predicted molar refractivity (Wildman–Crippen MR) is 101 cm³/mol. The molecule has 1 heterocycles. The van der Waals surface area contributed by atoms with E-state index in [1.807, 2.05) is 0 Å². The van der Waals surface area contributed by atoms with Crippen molar-refractivity contribution in [1.82, 2.24) is 4.90 Å². The molecule has 7 heteroatoms. The van der Waals surface area contributed by atoms with Crippen LogP contribution in [0, 0.1) is 11.7 Å². The smallest absolute Gasteiger partial charge is 0.289 e. The van der Waals surface area contributed by atoms with E-state index in [0.717, 1.165) is 6.42 Å². The summed E-state index contributed by atoms with van der Waals surface area (Å²) in [5.41, 5.74) is 6.01. The Labute approximate surface area is 159 Å². The molecule has 0 saturated carbocycles. The lowest BCUT2D eigenvalue weighted by atomic mass is 10.0. The number of carbonyl (C=O) groups is 1. The number of furan rings is 1. The first kappa shape index (κ1) is 22.0. The van der Waals surface area contributed by atoms with Gasteiger partial charge in [0.2, 0.25) is 0 Å². The van der Waals surface area contributed by atoms with Crippen molar-refractivity contribution in [3.05, 3.63) is 53.7 Å². The van der Waals surface area contributed by atoms with Crippen LogP contribution in [0.15, 0.2) is 40.8 Å². The van der Waals surface area contributed by atoms with Crippen molar-refractivity contribution in [3.63, 3.8) is 0 Å². The molecule has 144 valence electrons. The first-order valence-electron chi connectivity index (χ1n) is 8.35. The summed E-state index contributed by atoms with van der Waals surface area (Å²) in [5, 5.41) is 0. The maximum absolute atomic E-state index is 12.9. The Morgan fingerprint density at radius 3 is 2.50 bits per heavy atom. The summed E-state index contributed by atoms with van der Waals surface area (Å²) in [5.74, 6) is 1.19. The molecule has 0 radical (unpaired) electrons. The van der Waals surface area contributed by atoms with Gasteiger partial charge in [0.1, 0.15) is 23.9 Å². The van der Waals surface area contributed by atoms with Crippen LogP contribution in [0.25, 0.3) is 0 Å². The molecule has 1 unspecified atom stereocenters. The second-order valence-electron chi connectivity index (χ2n) is 6.43. The van der Waals surface area contributed by atoms with E-state index in [4.69, 9.17) is 14.9 Å². The van der Waals surface area contributed by atoms with E-state index in [9.17, 15) is 9.18 Å². The average molecular weight is 385 g/mol. The van der Waals surface area contributed by atoms with Crippen LogP contribution in [-0.4, -0.2) is 30.4 Å². The van der Waals surface area contributed by atoms with Crippen LogP contribution in [0.4, 0.5) is 4.39 Å². The van der Waals surface area contributed by atoms with Crippen LogP contribution in [0.3, 0.4) is 0 Å². The Kier molecular flexibility index (Phi) is 8.61. The highest BCUT2D eigenvalue weighted by Gasteiger charge is 2.17. The highest BCUT2D eigenvalue weighted by molar-refractivity contribution is 5.91. The van der Waals surface area contributed by atoms with Gasteiger partial charge in [0.25, 0.3) is 5.91 Å². The fourth-order valence-electron chi connectivity index (χ4n) is 2.22. The molecule has 1 atom stereocenters. The Bertz CT molecular complexity index is 688. The van der Waals surface area contributed by atoms with Gasteiger partial charge < -0.3 is 19.8 Å². The van der Waals surface area contributed by atoms with Gasteiger partial charge >= 0.3 is 0 Å². The largest absolute Gasteiger partial charge is 0.486 e. The highest BCUT2D eigenvalue weighted by Crippen LogP contribution is 2.16. The van der Waals surface area contributed by atoms with E-state index >= 15 is 0 Å². The number of hydrogen-bond acceptors (Lipinski definition) is 4. The standard InChI is InChI=1S/C19H25FN2O3.ClH/c1-13(2)17(21)10-11-22(3)19(23)18-9-8-16(25-18)12-24-15-6-4-14(20)5-7-15;/h4-9,13,17H,10-12,21H2,1-3H3;1H. The number of hydrogen-bond donors (Lipinski definition) is 1. The molecule has 0 fully saturated rings. The zero-order valence-corrected chi connectivity index (χ0v) is 16.1. The summed E-state index contributed by atoms with van der Waals surface area (Å²) < 4.78 is 23.9. The summed E-state index contributed by atoms with van der Waals surface area (Å²) in [6.07, 6.45) is 0.737. The maximum atomic E-state index is 12.9. The van der Waals surface area contributed by atoms with Gasteiger partial charge in [-0.05, 0) is 48.7 Å². The lowest BCUT2D eigenvalue weighted by Crippen LogP contribution is -2.34. The predicted octanol–water partition coefficient (Wildman–Crippen LogP) is 3.86. The highest BCUT2D eigenvalue weighted by atomic mass is 35.5. The lowest BCUT2D eigenvalue weighted by Gasteiger charge is -2.20. The van der Waals surface area contributed by atoms with E-state index in [1.54, 1.807) is 24.1 Å². The van der Waals surface area contributed by atoms with Crippen molar-refractivity contribution in [2.24, 2.45) is 11.7 Å². The van der Waals surface area contributed by atoms with Gasteiger partial charge in [-0.1, -0.05) is 13.8 Å². The van der Waals surface area contributed by atoms with Gasteiger partial charge in [-0.3, -0.25) is 4.79 Å². The molecule has 0 saturated heterocycles. The van der Waals surface area contributed by atoms with E-state index in [-0.39, 0.29) is 42.5 Å². The number of amides is 1. The van der Waals surface area contributed by atoms with Crippen molar-refractivity contribution in [2.45, 2.75) is 32.9 Å². The van der Waals surface area contributed by atoms with Crippen LogP contribution < -0.4 is 10.5 Å². The minimum Gasteiger partial charge on any atom is -0.486 e. The fourth-order valence-corrected chi connectivity index (χ4v) is 2.22. The molecule has 5 nitrogen and oxygen atoms in total. The quantitative estimate of drug-likeness (QED) is 0.750. The Morgan fingerprint density at radius 2 is 1.88 bits per heavy atom. The van der Waals surface area contributed by atoms with Gasteiger partial charge in [0.05, 0.1) is 0 Å². The van der Waals surface area contributed by atoms with Gasteiger partial charge in [-0.25, -0.2) is 4.39 Å². The third-order valence-electron chi connectivity index (χ3n) is 4.07. The van der Waals surface area contributed by atoms with Gasteiger partial charge in [-0.15, -0.1) is 12.4 Å². The van der Waals surface area contributed by atoms with Crippen LogP contribution in [0.2, 0.25) is 0 Å². The summed E-state index contributed by atoms with van der Waals surface area (Å²) in [4.78, 5) is 14.0. The molecule has 2 aromatic rings. The number of rotatable bonds is 8. The summed E-state index contributed by atoms with van der Waals surface area (Å²) in [6, 6.07) is 9.11. The number of nitrogens with zero attached hydrogens (tertiary/aromatic N) is 1. The SMILES string of the molecule is CC(C)C(N)CCN(C)C(=O)c1ccc(COc2ccc(F)cc2)o1.Cl. The summed E-state index contributed by atoms with van der Waals surface area (Å²) >= 11 is 0. The second kappa shape index (κ2) is 10.2. The normalized spacial score (nSPS) is 11.8. The third-order valence-corrected chi connectivity index (χ3v) is 4.07. The van der Waals surface area contributed by atoms with Crippen molar-refractivity contribution in [2.75, 3.05) is 13.6 Å². The summed E-state index contributed by atoms with van der Waals surface area (Å²) in [7, 11) is 1.73. The summed E-state index contributed by atoms with van der Waals surface area (Å²) in [6.45, 7) is 4.86. The molecular formula is C19H26ClFN2O3. The topological polar surface area (TPSA) is 68.7 Å². The monoisotopic (exact) mass is 384 g/mol. The molecular weight excluding hydrogens is 359 g/mol. The zero-order chi connectivity index (χ0) is 18.4. The third kappa shape index (κ3) is 6.35. The van der Waals surface area contributed by atoms with Crippen LogP contribution >= 0.6 is 12.4 Å². The molecule has 0 aliphatic rings. The number of benzene rings is 1. The van der Waals surface area contributed by atoms with Gasteiger partial charge in [0.15, 0.2) is 5.76 Å². The van der Waals surface area contributed by atoms with Crippen molar-refractivity contribution >= 4 is 18.3 Å². The number of carbonyl (C=O) groups excluding carboxylic acids is 1. The zero-order valence-electron chi connectivity index (χ0n) is 15.3. The molecule has 2 rings (SSSR count). The van der Waals surface area contributed by atoms with Crippen LogP contribution in [0.5, 0.6) is 5.75 Å². The van der Waals surface area contributed by atoms with E-state index in [2.05, 4.69) is 13.8 Å². The Hall–Kier alpha value is -2.05. The first-order valence-corrected chi connectivity index (χ1v) is 8.35.